The normalized spacial score (nSPS) is 23.3. The second kappa shape index (κ2) is 4.90. The fraction of sp³-hybridized carbons (Fsp3) is 0.615. The number of nitrogens with two attached hydrogens (primary N) is 1. The number of piperidine rings is 1. The van der Waals surface area contributed by atoms with Gasteiger partial charge in [0.05, 0.1) is 5.69 Å². The summed E-state index contributed by atoms with van der Waals surface area (Å²) in [4.78, 5) is 6.73. The number of aromatic amines is 1. The number of aryl methyl sites for hydroxylation is 2. The standard InChI is InChI=1S/C13H21N7/c1-8-4-5-20(7-10(8)14)13-15-12(16-17-13)11-6-9(2)18-19(11)3/h6,8,10H,4-5,7,14H2,1-3H3,(H,15,16,17). The van der Waals surface area contributed by atoms with E-state index in [4.69, 9.17) is 5.73 Å². The topological polar surface area (TPSA) is 88.7 Å². The van der Waals surface area contributed by atoms with Crippen LogP contribution in [0.25, 0.3) is 11.5 Å². The van der Waals surface area contributed by atoms with E-state index in [1.54, 1.807) is 0 Å². The lowest BCUT2D eigenvalue weighted by Crippen LogP contribution is -2.48. The Labute approximate surface area is 118 Å². The third-order valence-corrected chi connectivity index (χ3v) is 4.02. The van der Waals surface area contributed by atoms with Crippen molar-refractivity contribution in [2.24, 2.45) is 18.7 Å². The van der Waals surface area contributed by atoms with Crippen LogP contribution in [0.5, 0.6) is 0 Å². The van der Waals surface area contributed by atoms with Crippen molar-refractivity contribution >= 4 is 5.95 Å². The number of H-pyrrole nitrogens is 1. The maximum Gasteiger partial charge on any atom is 0.245 e. The number of hydrogen-bond donors (Lipinski definition) is 2. The Bertz CT molecular complexity index is 600. The van der Waals surface area contributed by atoms with Crippen LogP contribution in [0, 0.1) is 12.8 Å². The van der Waals surface area contributed by atoms with Crippen molar-refractivity contribution in [3.05, 3.63) is 11.8 Å². The van der Waals surface area contributed by atoms with Crippen molar-refractivity contribution in [1.82, 2.24) is 25.0 Å². The fourth-order valence-electron chi connectivity index (χ4n) is 2.62. The van der Waals surface area contributed by atoms with Gasteiger partial charge in [-0.1, -0.05) is 6.92 Å². The molecule has 0 radical (unpaired) electrons. The molecule has 2 aromatic heterocycles. The van der Waals surface area contributed by atoms with Gasteiger partial charge in [-0.05, 0) is 25.3 Å². The minimum atomic E-state index is 0.185. The van der Waals surface area contributed by atoms with Crippen LogP contribution in [-0.4, -0.2) is 44.1 Å². The summed E-state index contributed by atoms with van der Waals surface area (Å²) in [5.74, 6) is 2.03. The fourth-order valence-corrected chi connectivity index (χ4v) is 2.62. The Morgan fingerprint density at radius 2 is 2.25 bits per heavy atom. The third kappa shape index (κ3) is 2.29. The molecule has 3 rings (SSSR count). The lowest BCUT2D eigenvalue weighted by atomic mass is 9.95. The molecule has 0 aromatic carbocycles. The predicted octanol–water partition coefficient (Wildman–Crippen LogP) is 0.687. The number of rotatable bonds is 2. The van der Waals surface area contributed by atoms with Gasteiger partial charge in [0.2, 0.25) is 5.95 Å². The molecule has 108 valence electrons. The van der Waals surface area contributed by atoms with Crippen LogP contribution in [0.3, 0.4) is 0 Å². The summed E-state index contributed by atoms with van der Waals surface area (Å²) >= 11 is 0. The highest BCUT2D eigenvalue weighted by atomic mass is 15.4. The van der Waals surface area contributed by atoms with Crippen LogP contribution in [0.4, 0.5) is 5.95 Å². The zero-order chi connectivity index (χ0) is 14.3. The SMILES string of the molecule is Cc1cc(-c2nc(N3CCC(C)C(N)C3)n[nH]2)n(C)n1. The van der Waals surface area contributed by atoms with E-state index in [1.165, 1.54) is 0 Å². The average Bonchev–Trinajstić information content (AvgIpc) is 2.99. The molecule has 1 fully saturated rings. The minimum Gasteiger partial charge on any atom is -0.338 e. The molecule has 0 spiro atoms. The molecule has 2 unspecified atom stereocenters. The van der Waals surface area contributed by atoms with E-state index in [9.17, 15) is 0 Å². The van der Waals surface area contributed by atoms with E-state index >= 15 is 0 Å². The van der Waals surface area contributed by atoms with Gasteiger partial charge in [0, 0.05) is 26.2 Å². The molecule has 7 heteroatoms. The number of nitrogens with one attached hydrogen (secondary N) is 1. The summed E-state index contributed by atoms with van der Waals surface area (Å²) in [6.45, 7) is 5.93. The van der Waals surface area contributed by atoms with Crippen molar-refractivity contribution in [3.8, 4) is 11.5 Å². The van der Waals surface area contributed by atoms with Gasteiger partial charge < -0.3 is 10.6 Å². The largest absolute Gasteiger partial charge is 0.338 e. The first-order chi connectivity index (χ1) is 9.54. The van der Waals surface area contributed by atoms with Crippen LogP contribution in [0.1, 0.15) is 19.0 Å². The van der Waals surface area contributed by atoms with Gasteiger partial charge in [-0.15, -0.1) is 5.10 Å². The van der Waals surface area contributed by atoms with Gasteiger partial charge in [-0.2, -0.15) is 10.1 Å². The molecule has 1 aliphatic heterocycles. The summed E-state index contributed by atoms with van der Waals surface area (Å²) in [6, 6.07) is 2.18. The van der Waals surface area contributed by atoms with Crippen LogP contribution in [0.15, 0.2) is 6.07 Å². The molecule has 3 N–H and O–H groups in total. The molecule has 7 nitrogen and oxygen atoms in total. The molecule has 2 aromatic rings. The predicted molar refractivity (Wildman–Crippen MR) is 77.3 cm³/mol. The Hall–Kier alpha value is -1.89. The molecule has 20 heavy (non-hydrogen) atoms. The molecule has 0 saturated carbocycles. The lowest BCUT2D eigenvalue weighted by molar-refractivity contribution is 0.376. The van der Waals surface area contributed by atoms with Gasteiger partial charge >= 0.3 is 0 Å². The summed E-state index contributed by atoms with van der Waals surface area (Å²) in [5.41, 5.74) is 8.04. The molecule has 1 saturated heterocycles. The van der Waals surface area contributed by atoms with E-state index in [0.717, 1.165) is 42.7 Å². The second-order valence-electron chi connectivity index (χ2n) is 5.65. The van der Waals surface area contributed by atoms with Gasteiger partial charge in [0.15, 0.2) is 5.82 Å². The average molecular weight is 275 g/mol. The van der Waals surface area contributed by atoms with E-state index in [0.29, 0.717) is 5.92 Å². The number of aromatic nitrogens is 5. The van der Waals surface area contributed by atoms with E-state index in [2.05, 4.69) is 32.1 Å². The van der Waals surface area contributed by atoms with Gasteiger partial charge in [-0.25, -0.2) is 0 Å². The van der Waals surface area contributed by atoms with E-state index in [1.807, 2.05) is 24.7 Å². The number of anilines is 1. The van der Waals surface area contributed by atoms with Gasteiger partial charge in [-0.3, -0.25) is 9.78 Å². The van der Waals surface area contributed by atoms with Crippen LogP contribution < -0.4 is 10.6 Å². The molecule has 0 bridgehead atoms. The van der Waals surface area contributed by atoms with Crippen molar-refractivity contribution < 1.29 is 0 Å². The molecule has 0 amide bonds. The molecular formula is C13H21N7. The third-order valence-electron chi connectivity index (χ3n) is 4.02. The zero-order valence-corrected chi connectivity index (χ0v) is 12.2. The van der Waals surface area contributed by atoms with E-state index < -0.39 is 0 Å². The van der Waals surface area contributed by atoms with Crippen LogP contribution in [0.2, 0.25) is 0 Å². The molecule has 3 heterocycles. The molecule has 2 atom stereocenters. The number of hydrogen-bond acceptors (Lipinski definition) is 5. The first-order valence-electron chi connectivity index (χ1n) is 6.98. The Kier molecular flexibility index (Phi) is 3.21. The lowest BCUT2D eigenvalue weighted by Gasteiger charge is -2.34. The minimum absolute atomic E-state index is 0.185. The summed E-state index contributed by atoms with van der Waals surface area (Å²) < 4.78 is 1.81. The Balaban J connectivity index is 1.82. The van der Waals surface area contributed by atoms with Crippen molar-refractivity contribution in [2.75, 3.05) is 18.0 Å². The van der Waals surface area contributed by atoms with Crippen LogP contribution in [-0.2, 0) is 7.05 Å². The quantitative estimate of drug-likeness (QED) is 0.841. The first kappa shape index (κ1) is 13.1. The molecule has 0 aliphatic carbocycles. The highest BCUT2D eigenvalue weighted by Gasteiger charge is 2.25. The maximum absolute atomic E-state index is 6.13. The Morgan fingerprint density at radius 1 is 1.45 bits per heavy atom. The molecular weight excluding hydrogens is 254 g/mol. The van der Waals surface area contributed by atoms with Gasteiger partial charge in [0.25, 0.3) is 0 Å². The van der Waals surface area contributed by atoms with Crippen LogP contribution >= 0.6 is 0 Å². The summed E-state index contributed by atoms with van der Waals surface area (Å²) in [5, 5.41) is 11.6. The highest BCUT2D eigenvalue weighted by molar-refractivity contribution is 5.52. The number of nitrogens with zero attached hydrogens (tertiary/aromatic N) is 5. The summed E-state index contributed by atoms with van der Waals surface area (Å²) in [7, 11) is 1.91. The zero-order valence-electron chi connectivity index (χ0n) is 12.2. The monoisotopic (exact) mass is 275 g/mol. The first-order valence-corrected chi connectivity index (χ1v) is 6.98. The smallest absolute Gasteiger partial charge is 0.245 e. The van der Waals surface area contributed by atoms with E-state index in [-0.39, 0.29) is 6.04 Å². The molecule has 1 aliphatic rings. The van der Waals surface area contributed by atoms with Crippen molar-refractivity contribution in [2.45, 2.75) is 26.3 Å². The highest BCUT2D eigenvalue weighted by Crippen LogP contribution is 2.22. The maximum atomic E-state index is 6.13. The second-order valence-corrected chi connectivity index (χ2v) is 5.65. The van der Waals surface area contributed by atoms with Crippen molar-refractivity contribution in [3.63, 3.8) is 0 Å². The van der Waals surface area contributed by atoms with Crippen molar-refractivity contribution in [1.29, 1.82) is 0 Å². The summed E-state index contributed by atoms with van der Waals surface area (Å²) in [6.07, 6.45) is 1.08. The Morgan fingerprint density at radius 3 is 2.90 bits per heavy atom. The van der Waals surface area contributed by atoms with Gasteiger partial charge in [0.1, 0.15) is 5.69 Å².